The van der Waals surface area contributed by atoms with Crippen LogP contribution in [0.3, 0.4) is 0 Å². The van der Waals surface area contributed by atoms with E-state index in [2.05, 4.69) is 28.1 Å². The van der Waals surface area contributed by atoms with Crippen LogP contribution in [0.15, 0.2) is 40.9 Å². The number of fused-ring (bicyclic) bond motifs is 1. The largest absolute Gasteiger partial charge is 0.289 e. The lowest BCUT2D eigenvalue weighted by atomic mass is 9.89. The zero-order chi connectivity index (χ0) is 14.1. The van der Waals surface area contributed by atoms with Gasteiger partial charge in [0, 0.05) is 15.6 Å². The normalized spacial score (nSPS) is 13.9. The molecule has 0 unspecified atom stereocenters. The highest BCUT2D eigenvalue weighted by Crippen LogP contribution is 2.26. The summed E-state index contributed by atoms with van der Waals surface area (Å²) >= 11 is 3.48. The van der Waals surface area contributed by atoms with E-state index in [1.54, 1.807) is 0 Å². The summed E-state index contributed by atoms with van der Waals surface area (Å²) in [5, 5.41) is 0. The third-order valence-electron chi connectivity index (χ3n) is 3.98. The molecule has 1 nitrogen and oxygen atoms in total. The molecule has 2 aromatic rings. The first-order valence-electron chi connectivity index (χ1n) is 7.08. The summed E-state index contributed by atoms with van der Waals surface area (Å²) in [4.78, 5) is 12.7. The summed E-state index contributed by atoms with van der Waals surface area (Å²) in [6.07, 6.45) is 4.76. The standard InChI is InChI=1S/C18H17BrO/c1-12-6-9-17(19)16(10-12)18(20)15-8-7-13-4-2-3-5-14(13)11-15/h6-11H,2-5H2,1H3. The number of hydrogen-bond donors (Lipinski definition) is 0. The summed E-state index contributed by atoms with van der Waals surface area (Å²) in [7, 11) is 0. The first-order chi connectivity index (χ1) is 9.65. The third kappa shape index (κ3) is 2.57. The summed E-state index contributed by atoms with van der Waals surface area (Å²) < 4.78 is 0.867. The highest BCUT2D eigenvalue weighted by molar-refractivity contribution is 9.10. The van der Waals surface area contributed by atoms with Crippen molar-refractivity contribution in [3.8, 4) is 0 Å². The van der Waals surface area contributed by atoms with Crippen LogP contribution in [0.4, 0.5) is 0 Å². The van der Waals surface area contributed by atoms with Gasteiger partial charge in [-0.3, -0.25) is 4.79 Å². The average Bonchev–Trinajstić information content (AvgIpc) is 2.48. The zero-order valence-electron chi connectivity index (χ0n) is 11.6. The van der Waals surface area contributed by atoms with Crippen LogP contribution in [0.5, 0.6) is 0 Å². The maximum absolute atomic E-state index is 12.7. The fourth-order valence-corrected chi connectivity index (χ4v) is 3.27. The second-order valence-electron chi connectivity index (χ2n) is 5.50. The van der Waals surface area contributed by atoms with Gasteiger partial charge in [-0.15, -0.1) is 0 Å². The van der Waals surface area contributed by atoms with Crippen LogP contribution in [-0.4, -0.2) is 5.78 Å². The van der Waals surface area contributed by atoms with E-state index in [4.69, 9.17) is 0 Å². The molecule has 102 valence electrons. The van der Waals surface area contributed by atoms with Crippen molar-refractivity contribution in [1.82, 2.24) is 0 Å². The van der Waals surface area contributed by atoms with Gasteiger partial charge in [-0.25, -0.2) is 0 Å². The number of aryl methyl sites for hydroxylation is 3. The van der Waals surface area contributed by atoms with E-state index in [0.717, 1.165) is 34.0 Å². The van der Waals surface area contributed by atoms with E-state index in [1.807, 2.05) is 31.2 Å². The molecule has 0 atom stereocenters. The van der Waals surface area contributed by atoms with Crippen molar-refractivity contribution < 1.29 is 4.79 Å². The molecule has 0 radical (unpaired) electrons. The van der Waals surface area contributed by atoms with Crippen molar-refractivity contribution in [2.45, 2.75) is 32.6 Å². The van der Waals surface area contributed by atoms with Crippen molar-refractivity contribution in [1.29, 1.82) is 0 Å². The molecule has 0 spiro atoms. The molecule has 0 N–H and O–H groups in total. The van der Waals surface area contributed by atoms with E-state index in [0.29, 0.717) is 0 Å². The topological polar surface area (TPSA) is 17.1 Å². The van der Waals surface area contributed by atoms with Gasteiger partial charge in [-0.05, 0) is 61.9 Å². The van der Waals surface area contributed by atoms with Gasteiger partial charge in [0.1, 0.15) is 0 Å². The number of rotatable bonds is 2. The maximum Gasteiger partial charge on any atom is 0.194 e. The lowest BCUT2D eigenvalue weighted by molar-refractivity contribution is 0.103. The molecule has 0 aromatic heterocycles. The predicted molar refractivity (Wildman–Crippen MR) is 85.4 cm³/mol. The average molecular weight is 329 g/mol. The van der Waals surface area contributed by atoms with Gasteiger partial charge in [0.05, 0.1) is 0 Å². The van der Waals surface area contributed by atoms with Crippen molar-refractivity contribution >= 4 is 21.7 Å². The smallest absolute Gasteiger partial charge is 0.194 e. The SMILES string of the molecule is Cc1ccc(Br)c(C(=O)c2ccc3c(c2)CCCC3)c1. The molecule has 2 heteroatoms. The predicted octanol–water partition coefficient (Wildman–Crippen LogP) is 4.87. The molecule has 0 saturated heterocycles. The van der Waals surface area contributed by atoms with Crippen molar-refractivity contribution in [3.05, 3.63) is 68.7 Å². The van der Waals surface area contributed by atoms with E-state index >= 15 is 0 Å². The van der Waals surface area contributed by atoms with Gasteiger partial charge < -0.3 is 0 Å². The molecular weight excluding hydrogens is 312 g/mol. The fraction of sp³-hybridized carbons (Fsp3) is 0.278. The molecule has 0 amide bonds. The van der Waals surface area contributed by atoms with Crippen molar-refractivity contribution in [2.75, 3.05) is 0 Å². The fourth-order valence-electron chi connectivity index (χ4n) is 2.84. The van der Waals surface area contributed by atoms with Crippen LogP contribution in [-0.2, 0) is 12.8 Å². The Balaban J connectivity index is 2.00. The number of carbonyl (C=O) groups is 1. The first kappa shape index (κ1) is 13.6. The van der Waals surface area contributed by atoms with Gasteiger partial charge >= 0.3 is 0 Å². The van der Waals surface area contributed by atoms with Gasteiger partial charge in [0.2, 0.25) is 0 Å². The number of carbonyl (C=O) groups excluding carboxylic acids is 1. The highest BCUT2D eigenvalue weighted by Gasteiger charge is 2.16. The molecule has 3 rings (SSSR count). The van der Waals surface area contributed by atoms with Gasteiger partial charge in [0.25, 0.3) is 0 Å². The van der Waals surface area contributed by atoms with Crippen LogP contribution < -0.4 is 0 Å². The Kier molecular flexibility index (Phi) is 3.75. The monoisotopic (exact) mass is 328 g/mol. The number of hydrogen-bond acceptors (Lipinski definition) is 1. The Hall–Kier alpha value is -1.41. The molecule has 0 bridgehead atoms. The Morgan fingerprint density at radius 3 is 2.55 bits per heavy atom. The van der Waals surface area contributed by atoms with E-state index < -0.39 is 0 Å². The van der Waals surface area contributed by atoms with Gasteiger partial charge in [-0.1, -0.05) is 39.7 Å². The first-order valence-corrected chi connectivity index (χ1v) is 7.87. The second-order valence-corrected chi connectivity index (χ2v) is 6.36. The van der Waals surface area contributed by atoms with Crippen molar-refractivity contribution in [2.24, 2.45) is 0 Å². The molecule has 0 heterocycles. The molecule has 0 fully saturated rings. The molecule has 1 aliphatic rings. The Labute approximate surface area is 128 Å². The van der Waals surface area contributed by atoms with Crippen LogP contribution in [0.2, 0.25) is 0 Å². The summed E-state index contributed by atoms with van der Waals surface area (Å²) in [6.45, 7) is 2.01. The van der Waals surface area contributed by atoms with E-state index in [-0.39, 0.29) is 5.78 Å². The van der Waals surface area contributed by atoms with Crippen LogP contribution in [0.25, 0.3) is 0 Å². The zero-order valence-corrected chi connectivity index (χ0v) is 13.2. The molecule has 2 aromatic carbocycles. The summed E-state index contributed by atoms with van der Waals surface area (Å²) in [5.74, 6) is 0.106. The molecule has 20 heavy (non-hydrogen) atoms. The summed E-state index contributed by atoms with van der Waals surface area (Å²) in [5.41, 5.74) is 5.43. The molecular formula is C18H17BrO. The quantitative estimate of drug-likeness (QED) is 0.719. The minimum absolute atomic E-state index is 0.106. The summed E-state index contributed by atoms with van der Waals surface area (Å²) in [6, 6.07) is 12.1. The van der Waals surface area contributed by atoms with Crippen LogP contribution >= 0.6 is 15.9 Å². The Bertz CT molecular complexity index is 673. The molecule has 1 aliphatic carbocycles. The number of benzene rings is 2. The number of halogens is 1. The Morgan fingerprint density at radius 1 is 1.00 bits per heavy atom. The van der Waals surface area contributed by atoms with Crippen molar-refractivity contribution in [3.63, 3.8) is 0 Å². The highest BCUT2D eigenvalue weighted by atomic mass is 79.9. The Morgan fingerprint density at radius 2 is 1.75 bits per heavy atom. The second kappa shape index (κ2) is 5.53. The lowest BCUT2D eigenvalue weighted by Gasteiger charge is -2.16. The minimum atomic E-state index is 0.106. The van der Waals surface area contributed by atoms with Gasteiger partial charge in [-0.2, -0.15) is 0 Å². The van der Waals surface area contributed by atoms with E-state index in [9.17, 15) is 4.79 Å². The minimum Gasteiger partial charge on any atom is -0.289 e. The third-order valence-corrected chi connectivity index (χ3v) is 4.67. The lowest BCUT2D eigenvalue weighted by Crippen LogP contribution is -2.07. The van der Waals surface area contributed by atoms with Crippen LogP contribution in [0, 0.1) is 6.92 Å². The van der Waals surface area contributed by atoms with E-state index in [1.165, 1.54) is 24.0 Å². The molecule has 0 saturated carbocycles. The van der Waals surface area contributed by atoms with Crippen LogP contribution in [0.1, 0.15) is 45.5 Å². The molecule has 0 aliphatic heterocycles. The maximum atomic E-state index is 12.7. The number of ketones is 1. The van der Waals surface area contributed by atoms with Gasteiger partial charge in [0.15, 0.2) is 5.78 Å².